The van der Waals surface area contributed by atoms with E-state index < -0.39 is 0 Å². The molecule has 0 radical (unpaired) electrons. The summed E-state index contributed by atoms with van der Waals surface area (Å²) in [4.78, 5) is 17.3. The summed E-state index contributed by atoms with van der Waals surface area (Å²) in [6.45, 7) is 6.83. The number of aromatic hydroxyl groups is 1. The lowest BCUT2D eigenvalue weighted by Gasteiger charge is -2.39. The number of piperidine rings is 1. The molecular formula is C24H32N2O2. The minimum atomic E-state index is 0.228. The third-order valence-electron chi connectivity index (χ3n) is 5.66. The number of carbonyl (C=O) groups is 1. The van der Waals surface area contributed by atoms with Crippen molar-refractivity contribution < 1.29 is 9.90 Å². The van der Waals surface area contributed by atoms with Gasteiger partial charge in [-0.3, -0.25) is 9.69 Å². The predicted octanol–water partition coefficient (Wildman–Crippen LogP) is 4.75. The molecule has 28 heavy (non-hydrogen) atoms. The first-order valence-corrected chi connectivity index (χ1v) is 10.5. The fourth-order valence-electron chi connectivity index (χ4n) is 4.01. The molecule has 3 rings (SSSR count). The standard InChI is InChI=1S/C24H32N2O2/c1-3-7-24(28)26(21-12-10-19(4-2)11-13-21)22-14-16-25(17-15-22)18-20-8-5-6-9-23(20)27/h5-6,8-13,22,27H,3-4,7,14-18H2,1-2H3. The molecule has 1 heterocycles. The fraction of sp³-hybridized carbons (Fsp3) is 0.458. The Kier molecular flexibility index (Phi) is 7.10. The molecule has 4 nitrogen and oxygen atoms in total. The second kappa shape index (κ2) is 9.74. The molecule has 150 valence electrons. The maximum Gasteiger partial charge on any atom is 0.227 e. The summed E-state index contributed by atoms with van der Waals surface area (Å²) in [5.74, 6) is 0.589. The summed E-state index contributed by atoms with van der Waals surface area (Å²) in [7, 11) is 0. The lowest BCUT2D eigenvalue weighted by molar-refractivity contribution is -0.119. The van der Waals surface area contributed by atoms with Crippen molar-refractivity contribution in [3.8, 4) is 5.75 Å². The number of aryl methyl sites for hydroxylation is 1. The van der Waals surface area contributed by atoms with Crippen LogP contribution in [0.3, 0.4) is 0 Å². The zero-order valence-corrected chi connectivity index (χ0v) is 17.1. The van der Waals surface area contributed by atoms with Gasteiger partial charge in [-0.05, 0) is 49.4 Å². The van der Waals surface area contributed by atoms with Crippen LogP contribution in [0.25, 0.3) is 0 Å². The number of rotatable bonds is 7. The van der Waals surface area contributed by atoms with Crippen LogP contribution in [-0.2, 0) is 17.8 Å². The number of benzene rings is 2. The molecule has 0 aromatic heterocycles. The second-order valence-electron chi connectivity index (χ2n) is 7.67. The van der Waals surface area contributed by atoms with E-state index in [2.05, 4.69) is 43.0 Å². The number of amides is 1. The van der Waals surface area contributed by atoms with Crippen molar-refractivity contribution in [2.75, 3.05) is 18.0 Å². The van der Waals surface area contributed by atoms with Crippen molar-refractivity contribution in [1.82, 2.24) is 4.90 Å². The van der Waals surface area contributed by atoms with E-state index in [0.717, 1.165) is 56.6 Å². The number of phenols is 1. The largest absolute Gasteiger partial charge is 0.508 e. The first kappa shape index (κ1) is 20.4. The Hall–Kier alpha value is -2.33. The zero-order chi connectivity index (χ0) is 19.9. The van der Waals surface area contributed by atoms with Gasteiger partial charge in [-0.15, -0.1) is 0 Å². The Morgan fingerprint density at radius 3 is 2.36 bits per heavy atom. The predicted molar refractivity (Wildman–Crippen MR) is 115 cm³/mol. The van der Waals surface area contributed by atoms with E-state index in [1.165, 1.54) is 5.56 Å². The maximum atomic E-state index is 12.9. The van der Waals surface area contributed by atoms with Gasteiger partial charge in [0, 0.05) is 43.3 Å². The van der Waals surface area contributed by atoms with Crippen LogP contribution in [0.1, 0.15) is 50.7 Å². The molecular weight excluding hydrogens is 348 g/mol. The SMILES string of the molecule is CCCC(=O)N(c1ccc(CC)cc1)C1CCN(Cc2ccccc2O)CC1. The molecule has 1 amide bonds. The molecule has 1 saturated heterocycles. The minimum absolute atomic E-state index is 0.228. The van der Waals surface area contributed by atoms with E-state index in [1.807, 2.05) is 23.1 Å². The molecule has 2 aromatic carbocycles. The minimum Gasteiger partial charge on any atom is -0.508 e. The molecule has 0 saturated carbocycles. The Morgan fingerprint density at radius 2 is 1.75 bits per heavy atom. The fourth-order valence-corrected chi connectivity index (χ4v) is 4.01. The molecule has 0 atom stereocenters. The number of nitrogens with zero attached hydrogens (tertiary/aromatic N) is 2. The van der Waals surface area contributed by atoms with Gasteiger partial charge in [-0.2, -0.15) is 0 Å². The van der Waals surface area contributed by atoms with Crippen molar-refractivity contribution >= 4 is 11.6 Å². The van der Waals surface area contributed by atoms with Crippen LogP contribution in [0, 0.1) is 0 Å². The average Bonchev–Trinajstić information content (AvgIpc) is 2.72. The monoisotopic (exact) mass is 380 g/mol. The van der Waals surface area contributed by atoms with Gasteiger partial charge in [0.25, 0.3) is 0 Å². The Labute approximate surface area is 168 Å². The van der Waals surface area contributed by atoms with E-state index in [1.54, 1.807) is 6.07 Å². The summed E-state index contributed by atoms with van der Waals surface area (Å²) in [6.07, 6.45) is 4.38. The van der Waals surface area contributed by atoms with Gasteiger partial charge in [0.2, 0.25) is 5.91 Å². The summed E-state index contributed by atoms with van der Waals surface area (Å²) in [5.41, 5.74) is 3.29. The maximum absolute atomic E-state index is 12.9. The number of hydrogen-bond acceptors (Lipinski definition) is 3. The number of para-hydroxylation sites is 1. The molecule has 0 spiro atoms. The van der Waals surface area contributed by atoms with Gasteiger partial charge >= 0.3 is 0 Å². The molecule has 0 aliphatic carbocycles. The Morgan fingerprint density at radius 1 is 1.07 bits per heavy atom. The van der Waals surface area contributed by atoms with Gasteiger partial charge in [0.05, 0.1) is 0 Å². The van der Waals surface area contributed by atoms with Crippen LogP contribution in [0.2, 0.25) is 0 Å². The highest BCUT2D eigenvalue weighted by Crippen LogP contribution is 2.27. The lowest BCUT2D eigenvalue weighted by Crippen LogP contribution is -2.47. The number of phenolic OH excluding ortho intramolecular Hbond substituents is 1. The van der Waals surface area contributed by atoms with Crippen LogP contribution >= 0.6 is 0 Å². The van der Waals surface area contributed by atoms with Gasteiger partial charge < -0.3 is 10.0 Å². The normalized spacial score (nSPS) is 15.5. The summed E-state index contributed by atoms with van der Waals surface area (Å²) < 4.78 is 0. The quantitative estimate of drug-likeness (QED) is 0.754. The number of hydrogen-bond donors (Lipinski definition) is 1. The highest BCUT2D eigenvalue weighted by Gasteiger charge is 2.29. The highest BCUT2D eigenvalue weighted by atomic mass is 16.3. The van der Waals surface area contributed by atoms with Gasteiger partial charge in [0.1, 0.15) is 5.75 Å². The average molecular weight is 381 g/mol. The first-order chi connectivity index (χ1) is 13.6. The summed E-state index contributed by atoms with van der Waals surface area (Å²) in [6, 6.07) is 16.2. The van der Waals surface area contributed by atoms with Crippen molar-refractivity contribution in [2.45, 2.75) is 58.5 Å². The third-order valence-corrected chi connectivity index (χ3v) is 5.66. The molecule has 4 heteroatoms. The van der Waals surface area contributed by atoms with Gasteiger partial charge in [-0.1, -0.05) is 44.2 Å². The Bertz CT molecular complexity index is 764. The van der Waals surface area contributed by atoms with Crippen LogP contribution in [0.4, 0.5) is 5.69 Å². The summed E-state index contributed by atoms with van der Waals surface area (Å²) >= 11 is 0. The van der Waals surface area contributed by atoms with Gasteiger partial charge in [-0.25, -0.2) is 0 Å². The number of carbonyl (C=O) groups excluding carboxylic acids is 1. The van der Waals surface area contributed by atoms with Crippen LogP contribution in [0.15, 0.2) is 48.5 Å². The Balaban J connectivity index is 1.68. The number of anilines is 1. The summed E-state index contributed by atoms with van der Waals surface area (Å²) in [5, 5.41) is 10.0. The van der Waals surface area contributed by atoms with E-state index in [-0.39, 0.29) is 11.9 Å². The molecule has 1 aliphatic rings. The molecule has 1 aliphatic heterocycles. The molecule has 0 bridgehead atoms. The molecule has 0 unspecified atom stereocenters. The zero-order valence-electron chi connectivity index (χ0n) is 17.1. The van der Waals surface area contributed by atoms with Crippen molar-refractivity contribution in [3.63, 3.8) is 0 Å². The van der Waals surface area contributed by atoms with Crippen molar-refractivity contribution in [2.24, 2.45) is 0 Å². The lowest BCUT2D eigenvalue weighted by atomic mass is 10.00. The van der Waals surface area contributed by atoms with Crippen LogP contribution in [0.5, 0.6) is 5.75 Å². The van der Waals surface area contributed by atoms with Crippen molar-refractivity contribution in [3.05, 3.63) is 59.7 Å². The van der Waals surface area contributed by atoms with E-state index in [9.17, 15) is 9.90 Å². The van der Waals surface area contributed by atoms with Gasteiger partial charge in [0.15, 0.2) is 0 Å². The van der Waals surface area contributed by atoms with Crippen molar-refractivity contribution in [1.29, 1.82) is 0 Å². The molecule has 1 N–H and O–H groups in total. The van der Waals surface area contributed by atoms with E-state index in [4.69, 9.17) is 0 Å². The van der Waals surface area contributed by atoms with Crippen LogP contribution < -0.4 is 4.90 Å². The second-order valence-corrected chi connectivity index (χ2v) is 7.67. The third kappa shape index (κ3) is 4.93. The highest BCUT2D eigenvalue weighted by molar-refractivity contribution is 5.94. The topological polar surface area (TPSA) is 43.8 Å². The van der Waals surface area contributed by atoms with E-state index >= 15 is 0 Å². The molecule has 1 fully saturated rings. The van der Waals surface area contributed by atoms with Crippen LogP contribution in [-0.4, -0.2) is 35.0 Å². The number of likely N-dealkylation sites (tertiary alicyclic amines) is 1. The first-order valence-electron chi connectivity index (χ1n) is 10.5. The molecule has 2 aromatic rings. The smallest absolute Gasteiger partial charge is 0.227 e. The van der Waals surface area contributed by atoms with E-state index in [0.29, 0.717) is 12.2 Å².